The number of rotatable bonds is 3. The SMILES string of the molecule is c1ccc(Sc2nc(-c3ccc4c(c3)OCO4)n3c2ccc2ccccc23)cc1. The van der Waals surface area contributed by atoms with Crippen molar-refractivity contribution in [3.05, 3.63) is 84.9 Å². The zero-order valence-electron chi connectivity index (χ0n) is 15.4. The van der Waals surface area contributed by atoms with Crippen molar-refractivity contribution < 1.29 is 9.47 Å². The molecule has 0 N–H and O–H groups in total. The molecule has 0 bridgehead atoms. The highest BCUT2D eigenvalue weighted by molar-refractivity contribution is 7.99. The Morgan fingerprint density at radius 3 is 2.52 bits per heavy atom. The maximum absolute atomic E-state index is 5.60. The number of fused-ring (bicyclic) bond motifs is 4. The van der Waals surface area contributed by atoms with Crippen LogP contribution < -0.4 is 9.47 Å². The summed E-state index contributed by atoms with van der Waals surface area (Å²) in [5.41, 5.74) is 3.22. The van der Waals surface area contributed by atoms with Crippen molar-refractivity contribution in [3.8, 4) is 22.9 Å². The van der Waals surface area contributed by atoms with Gasteiger partial charge in [0.1, 0.15) is 10.9 Å². The molecule has 0 spiro atoms. The van der Waals surface area contributed by atoms with Crippen molar-refractivity contribution >= 4 is 28.2 Å². The molecule has 0 atom stereocenters. The molecule has 2 aromatic heterocycles. The van der Waals surface area contributed by atoms with E-state index in [1.807, 2.05) is 24.3 Å². The molecule has 5 heteroatoms. The van der Waals surface area contributed by atoms with Gasteiger partial charge in [-0.1, -0.05) is 54.2 Å². The van der Waals surface area contributed by atoms with Crippen LogP contribution in [-0.4, -0.2) is 16.2 Å². The molecule has 0 unspecified atom stereocenters. The molecular weight excluding hydrogens is 380 g/mol. The third-order valence-electron chi connectivity index (χ3n) is 5.07. The number of para-hydroxylation sites is 1. The number of imidazole rings is 1. The highest BCUT2D eigenvalue weighted by atomic mass is 32.2. The van der Waals surface area contributed by atoms with Crippen LogP contribution in [0.2, 0.25) is 0 Å². The molecule has 3 aromatic carbocycles. The standard InChI is InChI=1S/C24H16N2O2S/c1-2-7-18(8-3-1)29-24-20-12-10-16-6-4-5-9-19(16)26(20)23(25-24)17-11-13-21-22(14-17)28-15-27-21/h1-14H,15H2. The third-order valence-corrected chi connectivity index (χ3v) is 6.07. The number of hydrogen-bond donors (Lipinski definition) is 0. The minimum Gasteiger partial charge on any atom is -0.454 e. The zero-order chi connectivity index (χ0) is 19.2. The second-order valence-electron chi connectivity index (χ2n) is 6.84. The summed E-state index contributed by atoms with van der Waals surface area (Å²) in [6.07, 6.45) is 0. The molecule has 0 aliphatic carbocycles. The summed E-state index contributed by atoms with van der Waals surface area (Å²) in [6, 6.07) is 29.0. The minimum atomic E-state index is 0.263. The fourth-order valence-electron chi connectivity index (χ4n) is 3.71. The maximum atomic E-state index is 5.60. The molecule has 0 radical (unpaired) electrons. The van der Waals surface area contributed by atoms with Crippen LogP contribution in [0.3, 0.4) is 0 Å². The van der Waals surface area contributed by atoms with E-state index in [1.165, 1.54) is 5.39 Å². The van der Waals surface area contributed by atoms with Gasteiger partial charge >= 0.3 is 0 Å². The van der Waals surface area contributed by atoms with E-state index >= 15 is 0 Å². The molecule has 0 fully saturated rings. The molecule has 1 aliphatic heterocycles. The van der Waals surface area contributed by atoms with Gasteiger partial charge in [0.2, 0.25) is 6.79 Å². The van der Waals surface area contributed by atoms with E-state index in [4.69, 9.17) is 14.5 Å². The van der Waals surface area contributed by atoms with Gasteiger partial charge in [0.25, 0.3) is 0 Å². The average molecular weight is 396 g/mol. The number of nitrogens with zero attached hydrogens (tertiary/aromatic N) is 2. The summed E-state index contributed by atoms with van der Waals surface area (Å²) in [5, 5.41) is 2.16. The summed E-state index contributed by atoms with van der Waals surface area (Å²) >= 11 is 1.68. The fourth-order valence-corrected chi connectivity index (χ4v) is 4.62. The van der Waals surface area contributed by atoms with Gasteiger partial charge in [-0.3, -0.25) is 4.40 Å². The second-order valence-corrected chi connectivity index (χ2v) is 7.90. The quantitative estimate of drug-likeness (QED) is 0.373. The van der Waals surface area contributed by atoms with Crippen molar-refractivity contribution in [2.75, 3.05) is 6.79 Å². The number of aromatic nitrogens is 2. The largest absolute Gasteiger partial charge is 0.454 e. The average Bonchev–Trinajstić information content (AvgIpc) is 3.39. The van der Waals surface area contributed by atoms with Gasteiger partial charge in [-0.2, -0.15) is 0 Å². The fraction of sp³-hybridized carbons (Fsp3) is 0.0417. The first-order valence-electron chi connectivity index (χ1n) is 9.40. The summed E-state index contributed by atoms with van der Waals surface area (Å²) in [4.78, 5) is 6.22. The lowest BCUT2D eigenvalue weighted by atomic mass is 10.1. The Bertz CT molecular complexity index is 1360. The van der Waals surface area contributed by atoms with Crippen LogP contribution in [0.4, 0.5) is 0 Å². The number of hydrogen-bond acceptors (Lipinski definition) is 4. The maximum Gasteiger partial charge on any atom is 0.231 e. The molecule has 0 saturated carbocycles. The Morgan fingerprint density at radius 2 is 1.59 bits per heavy atom. The molecule has 5 aromatic rings. The van der Waals surface area contributed by atoms with Crippen molar-refractivity contribution in [3.63, 3.8) is 0 Å². The third kappa shape index (κ3) is 2.74. The van der Waals surface area contributed by atoms with Gasteiger partial charge in [-0.15, -0.1) is 0 Å². The molecule has 1 aliphatic rings. The highest BCUT2D eigenvalue weighted by Gasteiger charge is 2.19. The molecule has 140 valence electrons. The number of pyridine rings is 1. The van der Waals surface area contributed by atoms with E-state index in [-0.39, 0.29) is 6.79 Å². The lowest BCUT2D eigenvalue weighted by molar-refractivity contribution is 0.174. The summed E-state index contributed by atoms with van der Waals surface area (Å²) in [7, 11) is 0. The van der Waals surface area contributed by atoms with E-state index in [9.17, 15) is 0 Å². The van der Waals surface area contributed by atoms with E-state index in [2.05, 4.69) is 65.1 Å². The Labute approximate surface area is 171 Å². The van der Waals surface area contributed by atoms with Crippen LogP contribution in [0.5, 0.6) is 11.5 Å². The van der Waals surface area contributed by atoms with Gasteiger partial charge in [0.15, 0.2) is 11.5 Å². The van der Waals surface area contributed by atoms with E-state index in [1.54, 1.807) is 11.8 Å². The molecule has 0 saturated heterocycles. The summed E-state index contributed by atoms with van der Waals surface area (Å²) in [5.74, 6) is 2.43. The topological polar surface area (TPSA) is 35.8 Å². The Hall–Kier alpha value is -3.44. The normalized spacial score (nSPS) is 12.7. The van der Waals surface area contributed by atoms with E-state index < -0.39 is 0 Å². The van der Waals surface area contributed by atoms with Crippen LogP contribution in [0.1, 0.15) is 0 Å². The highest BCUT2D eigenvalue weighted by Crippen LogP contribution is 2.39. The van der Waals surface area contributed by atoms with Gasteiger partial charge in [-0.05, 0) is 47.9 Å². The Balaban J connectivity index is 1.61. The first-order chi connectivity index (χ1) is 14.4. The lowest BCUT2D eigenvalue weighted by Gasteiger charge is -2.07. The van der Waals surface area contributed by atoms with Crippen molar-refractivity contribution in [1.29, 1.82) is 0 Å². The molecule has 3 heterocycles. The molecule has 4 nitrogen and oxygen atoms in total. The van der Waals surface area contributed by atoms with Gasteiger partial charge in [-0.25, -0.2) is 4.98 Å². The number of ether oxygens (including phenoxy) is 2. The summed E-state index contributed by atoms with van der Waals surface area (Å²) < 4.78 is 13.3. The molecule has 29 heavy (non-hydrogen) atoms. The molecule has 0 amide bonds. The zero-order valence-corrected chi connectivity index (χ0v) is 16.2. The first-order valence-corrected chi connectivity index (χ1v) is 10.2. The predicted molar refractivity (Wildman–Crippen MR) is 115 cm³/mol. The van der Waals surface area contributed by atoms with Crippen molar-refractivity contribution in [2.24, 2.45) is 0 Å². The smallest absolute Gasteiger partial charge is 0.231 e. The summed E-state index contributed by atoms with van der Waals surface area (Å²) in [6.45, 7) is 0.263. The Morgan fingerprint density at radius 1 is 0.759 bits per heavy atom. The first kappa shape index (κ1) is 16.5. The van der Waals surface area contributed by atoms with E-state index in [0.29, 0.717) is 0 Å². The van der Waals surface area contributed by atoms with Crippen LogP contribution in [0.25, 0.3) is 27.8 Å². The van der Waals surface area contributed by atoms with Crippen molar-refractivity contribution in [1.82, 2.24) is 9.38 Å². The van der Waals surface area contributed by atoms with Crippen LogP contribution in [-0.2, 0) is 0 Å². The predicted octanol–water partition coefficient (Wildman–Crippen LogP) is 6.03. The van der Waals surface area contributed by atoms with Crippen molar-refractivity contribution in [2.45, 2.75) is 9.92 Å². The Kier molecular flexibility index (Phi) is 3.74. The lowest BCUT2D eigenvalue weighted by Crippen LogP contribution is -1.93. The number of benzene rings is 3. The minimum absolute atomic E-state index is 0.263. The van der Waals surface area contributed by atoms with Gasteiger partial charge in [0.05, 0.1) is 11.0 Å². The van der Waals surface area contributed by atoms with Crippen LogP contribution in [0, 0.1) is 0 Å². The molecule has 6 rings (SSSR count). The second kappa shape index (κ2) is 6.57. The van der Waals surface area contributed by atoms with Crippen LogP contribution >= 0.6 is 11.8 Å². The van der Waals surface area contributed by atoms with Gasteiger partial charge in [0, 0.05) is 10.5 Å². The monoisotopic (exact) mass is 396 g/mol. The van der Waals surface area contributed by atoms with Gasteiger partial charge < -0.3 is 9.47 Å². The van der Waals surface area contributed by atoms with Crippen LogP contribution in [0.15, 0.2) is 94.9 Å². The molecular formula is C24H16N2O2S. The van der Waals surface area contributed by atoms with E-state index in [0.717, 1.165) is 43.8 Å².